The lowest BCUT2D eigenvalue weighted by Gasteiger charge is -2.36. The first-order valence-corrected chi connectivity index (χ1v) is 8.94. The highest BCUT2D eigenvalue weighted by molar-refractivity contribution is 5.67. The van der Waals surface area contributed by atoms with Crippen molar-refractivity contribution in [3.8, 4) is 0 Å². The lowest BCUT2D eigenvalue weighted by Crippen LogP contribution is -2.49. The fraction of sp³-hybridized carbons (Fsp3) is 0.381. The van der Waals surface area contributed by atoms with Gasteiger partial charge in [0.25, 0.3) is 0 Å². The molecule has 1 saturated carbocycles. The van der Waals surface area contributed by atoms with Gasteiger partial charge in [0.15, 0.2) is 0 Å². The van der Waals surface area contributed by atoms with Gasteiger partial charge in [0.2, 0.25) is 0 Å². The minimum absolute atomic E-state index is 0.190. The molecule has 0 unspecified atom stereocenters. The molecule has 0 aliphatic heterocycles. The Bertz CT molecular complexity index is 677. The fourth-order valence-corrected chi connectivity index (χ4v) is 2.98. The molecule has 132 valence electrons. The van der Waals surface area contributed by atoms with Crippen molar-refractivity contribution in [2.24, 2.45) is 0 Å². The van der Waals surface area contributed by atoms with Gasteiger partial charge in [-0.05, 0) is 42.0 Å². The van der Waals surface area contributed by atoms with Gasteiger partial charge < -0.3 is 15.4 Å². The standard InChI is InChI=1S/C21H26N2O2/c1-15(2)17-8-10-18(11-9-17)22-19-12-20(13-19)23-21(24)25-14-16-6-4-3-5-7-16/h3-11,15,19-20,22H,12-14H2,1-2H3,(H,23,24). The van der Waals surface area contributed by atoms with Gasteiger partial charge in [0.05, 0.1) is 0 Å². The molecule has 4 heteroatoms. The Labute approximate surface area is 149 Å². The van der Waals surface area contributed by atoms with Crippen LogP contribution >= 0.6 is 0 Å². The molecule has 1 fully saturated rings. The molecule has 1 aliphatic rings. The molecule has 0 atom stereocenters. The lowest BCUT2D eigenvalue weighted by atomic mass is 9.86. The molecule has 1 aliphatic carbocycles. The third-order valence-corrected chi connectivity index (χ3v) is 4.62. The Morgan fingerprint density at radius 2 is 1.72 bits per heavy atom. The van der Waals surface area contributed by atoms with Crippen molar-refractivity contribution in [3.05, 3.63) is 65.7 Å². The van der Waals surface area contributed by atoms with Gasteiger partial charge in [-0.2, -0.15) is 0 Å². The largest absolute Gasteiger partial charge is 0.445 e. The molecule has 0 saturated heterocycles. The van der Waals surface area contributed by atoms with Crippen molar-refractivity contribution in [1.29, 1.82) is 0 Å². The topological polar surface area (TPSA) is 50.4 Å². The molecule has 0 heterocycles. The van der Waals surface area contributed by atoms with Crippen LogP contribution in [0.4, 0.5) is 10.5 Å². The second-order valence-electron chi connectivity index (χ2n) is 6.99. The summed E-state index contributed by atoms with van der Waals surface area (Å²) < 4.78 is 5.25. The van der Waals surface area contributed by atoms with Gasteiger partial charge in [0.1, 0.15) is 6.61 Å². The predicted octanol–water partition coefficient (Wildman–Crippen LogP) is 4.68. The highest BCUT2D eigenvalue weighted by Gasteiger charge is 2.30. The van der Waals surface area contributed by atoms with Crippen molar-refractivity contribution in [2.45, 2.75) is 51.3 Å². The maximum atomic E-state index is 11.8. The number of ether oxygens (including phenoxy) is 1. The van der Waals surface area contributed by atoms with Gasteiger partial charge >= 0.3 is 6.09 Å². The SMILES string of the molecule is CC(C)c1ccc(NC2CC(NC(=O)OCc3ccccc3)C2)cc1. The van der Waals surface area contributed by atoms with Crippen molar-refractivity contribution in [2.75, 3.05) is 5.32 Å². The highest BCUT2D eigenvalue weighted by Crippen LogP contribution is 2.25. The summed E-state index contributed by atoms with van der Waals surface area (Å²) in [6, 6.07) is 18.9. The number of alkyl carbamates (subject to hydrolysis) is 1. The van der Waals surface area contributed by atoms with E-state index in [0.29, 0.717) is 18.6 Å². The van der Waals surface area contributed by atoms with E-state index in [1.807, 2.05) is 30.3 Å². The normalized spacial score (nSPS) is 19.2. The van der Waals surface area contributed by atoms with Gasteiger partial charge in [0, 0.05) is 17.8 Å². The Morgan fingerprint density at radius 1 is 1.04 bits per heavy atom. The molecule has 3 rings (SSSR count). The lowest BCUT2D eigenvalue weighted by molar-refractivity contribution is 0.129. The fourth-order valence-electron chi connectivity index (χ4n) is 2.98. The van der Waals surface area contributed by atoms with E-state index in [9.17, 15) is 4.79 Å². The minimum atomic E-state index is -0.339. The number of amides is 1. The smallest absolute Gasteiger partial charge is 0.407 e. The van der Waals surface area contributed by atoms with E-state index < -0.39 is 0 Å². The summed E-state index contributed by atoms with van der Waals surface area (Å²) in [5, 5.41) is 6.44. The van der Waals surface area contributed by atoms with Crippen LogP contribution in [-0.4, -0.2) is 18.2 Å². The summed E-state index contributed by atoms with van der Waals surface area (Å²) in [4.78, 5) is 11.8. The molecule has 2 aromatic carbocycles. The highest BCUT2D eigenvalue weighted by atomic mass is 16.5. The average molecular weight is 338 g/mol. The summed E-state index contributed by atoms with van der Waals surface area (Å²) in [5.74, 6) is 0.549. The number of rotatable bonds is 6. The predicted molar refractivity (Wildman–Crippen MR) is 101 cm³/mol. The molecule has 0 spiro atoms. The van der Waals surface area contributed by atoms with Crippen molar-refractivity contribution < 1.29 is 9.53 Å². The van der Waals surface area contributed by atoms with Crippen LogP contribution in [-0.2, 0) is 11.3 Å². The number of benzene rings is 2. The summed E-state index contributed by atoms with van der Waals surface area (Å²) in [5.41, 5.74) is 3.48. The Hall–Kier alpha value is -2.49. The van der Waals surface area contributed by atoms with Crippen LogP contribution in [0, 0.1) is 0 Å². The van der Waals surface area contributed by atoms with Crippen LogP contribution in [0.1, 0.15) is 43.7 Å². The quantitative estimate of drug-likeness (QED) is 0.804. The Balaban J connectivity index is 1.35. The molecule has 2 N–H and O–H groups in total. The second kappa shape index (κ2) is 8.06. The zero-order valence-corrected chi connectivity index (χ0v) is 14.9. The van der Waals surface area contributed by atoms with Crippen molar-refractivity contribution >= 4 is 11.8 Å². The number of hydrogen-bond donors (Lipinski definition) is 2. The van der Waals surface area contributed by atoms with Crippen LogP contribution in [0.3, 0.4) is 0 Å². The number of carbonyl (C=O) groups is 1. The average Bonchev–Trinajstić information content (AvgIpc) is 2.59. The van der Waals surface area contributed by atoms with Gasteiger partial charge in [-0.1, -0.05) is 56.3 Å². The molecule has 0 aromatic heterocycles. The number of anilines is 1. The molecule has 0 bridgehead atoms. The van der Waals surface area contributed by atoms with Crippen molar-refractivity contribution in [3.63, 3.8) is 0 Å². The van der Waals surface area contributed by atoms with Crippen LogP contribution in [0.25, 0.3) is 0 Å². The van der Waals surface area contributed by atoms with E-state index in [1.165, 1.54) is 5.56 Å². The first-order chi connectivity index (χ1) is 12.1. The molecular weight excluding hydrogens is 312 g/mol. The van der Waals surface area contributed by atoms with Crippen molar-refractivity contribution in [1.82, 2.24) is 5.32 Å². The maximum Gasteiger partial charge on any atom is 0.407 e. The number of carbonyl (C=O) groups excluding carboxylic acids is 1. The Morgan fingerprint density at radius 3 is 2.36 bits per heavy atom. The van der Waals surface area contributed by atoms with Gasteiger partial charge in [-0.25, -0.2) is 4.79 Å². The van der Waals surface area contributed by atoms with Gasteiger partial charge in [-0.15, -0.1) is 0 Å². The molecule has 25 heavy (non-hydrogen) atoms. The van der Waals surface area contributed by atoms with E-state index in [-0.39, 0.29) is 12.1 Å². The molecule has 1 amide bonds. The van der Waals surface area contributed by atoms with E-state index in [1.54, 1.807) is 0 Å². The summed E-state index contributed by atoms with van der Waals surface area (Å²) in [6.07, 6.45) is 1.51. The summed E-state index contributed by atoms with van der Waals surface area (Å²) in [7, 11) is 0. The first-order valence-electron chi connectivity index (χ1n) is 8.94. The minimum Gasteiger partial charge on any atom is -0.445 e. The molecule has 0 radical (unpaired) electrons. The van der Waals surface area contributed by atoms with Gasteiger partial charge in [-0.3, -0.25) is 0 Å². The van der Waals surface area contributed by atoms with Crippen LogP contribution < -0.4 is 10.6 Å². The summed E-state index contributed by atoms with van der Waals surface area (Å²) >= 11 is 0. The van der Waals surface area contributed by atoms with E-state index >= 15 is 0 Å². The molecule has 2 aromatic rings. The Kier molecular flexibility index (Phi) is 5.59. The van der Waals surface area contributed by atoms with Crippen LogP contribution in [0.15, 0.2) is 54.6 Å². The molecule has 4 nitrogen and oxygen atoms in total. The van der Waals surface area contributed by atoms with E-state index in [2.05, 4.69) is 48.7 Å². The first kappa shape index (κ1) is 17.3. The monoisotopic (exact) mass is 338 g/mol. The van der Waals surface area contributed by atoms with E-state index in [4.69, 9.17) is 4.74 Å². The summed E-state index contributed by atoms with van der Waals surface area (Å²) in [6.45, 7) is 4.70. The number of hydrogen-bond acceptors (Lipinski definition) is 3. The second-order valence-corrected chi connectivity index (χ2v) is 6.99. The number of nitrogens with one attached hydrogen (secondary N) is 2. The van der Waals surface area contributed by atoms with Crippen LogP contribution in [0.2, 0.25) is 0 Å². The van der Waals surface area contributed by atoms with Crippen LogP contribution in [0.5, 0.6) is 0 Å². The maximum absolute atomic E-state index is 11.8. The van der Waals surface area contributed by atoms with E-state index in [0.717, 1.165) is 24.1 Å². The third kappa shape index (κ3) is 4.99. The third-order valence-electron chi connectivity index (χ3n) is 4.62. The zero-order chi connectivity index (χ0) is 17.6. The zero-order valence-electron chi connectivity index (χ0n) is 14.9. The molecular formula is C21H26N2O2.